The summed E-state index contributed by atoms with van der Waals surface area (Å²) in [6.45, 7) is 5.10. The lowest BCUT2D eigenvalue weighted by Crippen LogP contribution is -2.02. The summed E-state index contributed by atoms with van der Waals surface area (Å²) < 4.78 is 10.9. The molecule has 0 aliphatic rings. The van der Waals surface area contributed by atoms with E-state index >= 15 is 0 Å². The molecule has 0 fully saturated rings. The molecule has 0 spiro atoms. The van der Waals surface area contributed by atoms with Crippen molar-refractivity contribution in [2.24, 2.45) is 0 Å². The molecular formula is C18H20N4O2. The highest BCUT2D eigenvalue weighted by Gasteiger charge is 2.09. The minimum Gasteiger partial charge on any atom is -0.473 e. The Balaban J connectivity index is 1.56. The molecule has 3 aromatic rings. The van der Waals surface area contributed by atoms with Gasteiger partial charge in [0.05, 0.1) is 0 Å². The normalized spacial score (nSPS) is 10.8. The van der Waals surface area contributed by atoms with Crippen molar-refractivity contribution < 1.29 is 9.26 Å². The molecule has 2 aromatic heterocycles. The molecule has 0 unspecified atom stereocenters. The molecule has 0 saturated heterocycles. The van der Waals surface area contributed by atoms with Gasteiger partial charge in [0.2, 0.25) is 5.88 Å². The van der Waals surface area contributed by atoms with Gasteiger partial charge in [0.15, 0.2) is 5.82 Å². The number of benzene rings is 1. The van der Waals surface area contributed by atoms with Crippen LogP contribution in [0.25, 0.3) is 0 Å². The molecule has 2 heterocycles. The minimum absolute atomic E-state index is 0.239. The SMILES string of the molecule is CC(C)c1noc(NCc2ccnc(OCc3ccccc3)c2)n1. The van der Waals surface area contributed by atoms with Gasteiger partial charge in [0.25, 0.3) is 0 Å². The minimum atomic E-state index is 0.239. The molecule has 3 rings (SSSR count). The molecule has 6 nitrogen and oxygen atoms in total. The molecule has 0 aliphatic heterocycles. The number of hydrogen-bond donors (Lipinski definition) is 1. The van der Waals surface area contributed by atoms with E-state index in [0.29, 0.717) is 30.9 Å². The largest absolute Gasteiger partial charge is 0.473 e. The second-order valence-electron chi connectivity index (χ2n) is 5.74. The lowest BCUT2D eigenvalue weighted by atomic mass is 10.2. The van der Waals surface area contributed by atoms with E-state index < -0.39 is 0 Å². The summed E-state index contributed by atoms with van der Waals surface area (Å²) in [6.07, 6.45) is 1.73. The number of pyridine rings is 1. The van der Waals surface area contributed by atoms with E-state index in [1.807, 2.05) is 56.3 Å². The second kappa shape index (κ2) is 7.59. The highest BCUT2D eigenvalue weighted by molar-refractivity contribution is 5.27. The van der Waals surface area contributed by atoms with Crippen molar-refractivity contribution in [2.45, 2.75) is 32.9 Å². The Morgan fingerprint density at radius 1 is 1.12 bits per heavy atom. The van der Waals surface area contributed by atoms with Gasteiger partial charge in [-0.2, -0.15) is 4.98 Å². The number of hydrogen-bond acceptors (Lipinski definition) is 6. The zero-order valence-electron chi connectivity index (χ0n) is 13.8. The van der Waals surface area contributed by atoms with Crippen molar-refractivity contribution in [1.82, 2.24) is 15.1 Å². The van der Waals surface area contributed by atoms with Crippen LogP contribution in [0, 0.1) is 0 Å². The summed E-state index contributed by atoms with van der Waals surface area (Å²) in [4.78, 5) is 8.52. The van der Waals surface area contributed by atoms with Crippen molar-refractivity contribution in [3.05, 3.63) is 65.6 Å². The van der Waals surface area contributed by atoms with Gasteiger partial charge >= 0.3 is 6.01 Å². The number of rotatable bonds is 7. The smallest absolute Gasteiger partial charge is 0.321 e. The van der Waals surface area contributed by atoms with Crippen LogP contribution in [0.15, 0.2) is 53.2 Å². The maximum absolute atomic E-state index is 5.73. The predicted octanol–water partition coefficient (Wildman–Crippen LogP) is 3.78. The summed E-state index contributed by atoms with van der Waals surface area (Å²) in [5.41, 5.74) is 2.13. The van der Waals surface area contributed by atoms with Gasteiger partial charge in [-0.25, -0.2) is 4.98 Å². The highest BCUT2D eigenvalue weighted by atomic mass is 16.5. The van der Waals surface area contributed by atoms with Crippen LogP contribution in [0.5, 0.6) is 5.88 Å². The third-order valence-electron chi connectivity index (χ3n) is 3.43. The van der Waals surface area contributed by atoms with Crippen LogP contribution < -0.4 is 10.1 Å². The summed E-state index contributed by atoms with van der Waals surface area (Å²) in [5, 5.41) is 7.04. The lowest BCUT2D eigenvalue weighted by molar-refractivity contribution is 0.293. The summed E-state index contributed by atoms with van der Waals surface area (Å²) in [5.74, 6) is 1.52. The van der Waals surface area contributed by atoms with E-state index in [4.69, 9.17) is 9.26 Å². The molecule has 0 bridgehead atoms. The van der Waals surface area contributed by atoms with Crippen molar-refractivity contribution in [1.29, 1.82) is 0 Å². The Kier molecular flexibility index (Phi) is 5.05. The Hall–Kier alpha value is -2.89. The molecule has 0 radical (unpaired) electrons. The van der Waals surface area contributed by atoms with Crippen LogP contribution in [0.2, 0.25) is 0 Å². The van der Waals surface area contributed by atoms with E-state index in [0.717, 1.165) is 11.1 Å². The molecule has 6 heteroatoms. The van der Waals surface area contributed by atoms with Crippen molar-refractivity contribution >= 4 is 6.01 Å². The van der Waals surface area contributed by atoms with E-state index in [2.05, 4.69) is 20.4 Å². The Morgan fingerprint density at radius 2 is 1.96 bits per heavy atom. The first kappa shape index (κ1) is 16.0. The average Bonchev–Trinajstić information content (AvgIpc) is 3.09. The van der Waals surface area contributed by atoms with E-state index in [-0.39, 0.29) is 5.92 Å². The van der Waals surface area contributed by atoms with Crippen LogP contribution in [0.3, 0.4) is 0 Å². The highest BCUT2D eigenvalue weighted by Crippen LogP contribution is 2.15. The zero-order valence-corrected chi connectivity index (χ0v) is 13.8. The van der Waals surface area contributed by atoms with Gasteiger partial charge in [-0.15, -0.1) is 0 Å². The summed E-state index contributed by atoms with van der Waals surface area (Å²) >= 11 is 0. The maximum atomic E-state index is 5.73. The first-order valence-electron chi connectivity index (χ1n) is 7.90. The van der Waals surface area contributed by atoms with Gasteiger partial charge in [0.1, 0.15) is 6.61 Å². The monoisotopic (exact) mass is 324 g/mol. The topological polar surface area (TPSA) is 73.1 Å². The van der Waals surface area contributed by atoms with Crippen molar-refractivity contribution in [3.63, 3.8) is 0 Å². The van der Waals surface area contributed by atoms with Crippen LogP contribution in [0.4, 0.5) is 6.01 Å². The second-order valence-corrected chi connectivity index (χ2v) is 5.74. The molecule has 0 atom stereocenters. The standard InChI is InChI=1S/C18H20N4O2/c1-13(2)17-21-18(24-22-17)20-11-15-8-9-19-16(10-15)23-12-14-6-4-3-5-7-14/h3-10,13H,11-12H2,1-2H3,(H,20,21,22). The van der Waals surface area contributed by atoms with Gasteiger partial charge in [-0.05, 0) is 17.2 Å². The van der Waals surface area contributed by atoms with E-state index in [9.17, 15) is 0 Å². The van der Waals surface area contributed by atoms with Crippen LogP contribution in [-0.4, -0.2) is 15.1 Å². The maximum Gasteiger partial charge on any atom is 0.321 e. The third-order valence-corrected chi connectivity index (χ3v) is 3.43. The van der Waals surface area contributed by atoms with Gasteiger partial charge in [0, 0.05) is 24.7 Å². The van der Waals surface area contributed by atoms with Crippen LogP contribution in [-0.2, 0) is 13.2 Å². The first-order chi connectivity index (χ1) is 11.7. The van der Waals surface area contributed by atoms with Gasteiger partial charge in [-0.1, -0.05) is 49.3 Å². The predicted molar refractivity (Wildman–Crippen MR) is 90.7 cm³/mol. The fourth-order valence-corrected chi connectivity index (χ4v) is 2.09. The van der Waals surface area contributed by atoms with E-state index in [1.165, 1.54) is 0 Å². The first-order valence-corrected chi connectivity index (χ1v) is 7.90. The fraction of sp³-hybridized carbons (Fsp3) is 0.278. The summed E-state index contributed by atoms with van der Waals surface area (Å²) in [6, 6.07) is 14.2. The number of aromatic nitrogens is 3. The molecule has 0 saturated carbocycles. The molecule has 0 aliphatic carbocycles. The number of anilines is 1. The molecule has 24 heavy (non-hydrogen) atoms. The van der Waals surface area contributed by atoms with Gasteiger partial charge in [-0.3, -0.25) is 0 Å². The number of nitrogens with zero attached hydrogens (tertiary/aromatic N) is 3. The quantitative estimate of drug-likeness (QED) is 0.713. The van der Waals surface area contributed by atoms with E-state index in [1.54, 1.807) is 6.20 Å². The van der Waals surface area contributed by atoms with Gasteiger partial charge < -0.3 is 14.6 Å². The van der Waals surface area contributed by atoms with Crippen LogP contribution in [0.1, 0.15) is 36.7 Å². The molecule has 0 amide bonds. The average molecular weight is 324 g/mol. The number of nitrogens with one attached hydrogen (secondary N) is 1. The zero-order chi connectivity index (χ0) is 16.8. The molecular weight excluding hydrogens is 304 g/mol. The lowest BCUT2D eigenvalue weighted by Gasteiger charge is -2.07. The van der Waals surface area contributed by atoms with Crippen molar-refractivity contribution in [2.75, 3.05) is 5.32 Å². The molecule has 124 valence electrons. The Morgan fingerprint density at radius 3 is 2.71 bits per heavy atom. The van der Waals surface area contributed by atoms with Crippen LogP contribution >= 0.6 is 0 Å². The molecule has 1 N–H and O–H groups in total. The third kappa shape index (κ3) is 4.32. The number of ether oxygens (including phenoxy) is 1. The fourth-order valence-electron chi connectivity index (χ4n) is 2.09. The van der Waals surface area contributed by atoms with Crippen molar-refractivity contribution in [3.8, 4) is 5.88 Å². The molecule has 1 aromatic carbocycles. The Bertz CT molecular complexity index is 771. The summed E-state index contributed by atoms with van der Waals surface area (Å²) in [7, 11) is 0. The Labute approximate surface area is 140 Å².